The van der Waals surface area contributed by atoms with Crippen LogP contribution in [0.3, 0.4) is 0 Å². The maximum atomic E-state index is 4.08. The van der Waals surface area contributed by atoms with Crippen LogP contribution in [-0.2, 0) is 13.1 Å². The summed E-state index contributed by atoms with van der Waals surface area (Å²) >= 11 is 1.82. The first-order chi connectivity index (χ1) is 6.72. The zero-order valence-electron chi connectivity index (χ0n) is 9.03. The van der Waals surface area contributed by atoms with Gasteiger partial charge in [-0.25, -0.2) is 0 Å². The zero-order valence-corrected chi connectivity index (χ0v) is 9.84. The largest absolute Gasteiger partial charge is 0.309 e. The molecule has 0 atom stereocenters. The molecule has 1 aromatic rings. The smallest absolute Gasteiger partial charge is 0.0964 e. The Kier molecular flexibility index (Phi) is 4.97. The summed E-state index contributed by atoms with van der Waals surface area (Å²) in [5.74, 6) is 1.08. The van der Waals surface area contributed by atoms with Crippen molar-refractivity contribution in [2.45, 2.75) is 33.0 Å². The zero-order chi connectivity index (χ0) is 10.4. The molecule has 0 saturated heterocycles. The van der Waals surface area contributed by atoms with Gasteiger partial charge in [-0.15, -0.1) is 5.10 Å². The van der Waals surface area contributed by atoms with Gasteiger partial charge in [-0.3, -0.25) is 4.68 Å². The molecule has 0 amide bonds. The van der Waals surface area contributed by atoms with E-state index in [1.165, 1.54) is 0 Å². The maximum absolute atomic E-state index is 4.08. The van der Waals surface area contributed by atoms with Crippen LogP contribution < -0.4 is 5.32 Å². The van der Waals surface area contributed by atoms with Crippen LogP contribution in [0.15, 0.2) is 6.20 Å². The van der Waals surface area contributed by atoms with Crippen LogP contribution in [0.1, 0.15) is 19.5 Å². The van der Waals surface area contributed by atoms with Crippen molar-refractivity contribution in [1.82, 2.24) is 20.3 Å². The van der Waals surface area contributed by atoms with Crippen molar-refractivity contribution in [2.75, 3.05) is 12.0 Å². The molecule has 0 aliphatic heterocycles. The average molecular weight is 214 g/mol. The summed E-state index contributed by atoms with van der Waals surface area (Å²) in [5, 5.41) is 11.4. The van der Waals surface area contributed by atoms with Gasteiger partial charge in [0.05, 0.1) is 12.2 Å². The van der Waals surface area contributed by atoms with E-state index in [2.05, 4.69) is 35.7 Å². The van der Waals surface area contributed by atoms with Gasteiger partial charge in [0.25, 0.3) is 0 Å². The van der Waals surface area contributed by atoms with E-state index in [9.17, 15) is 0 Å². The topological polar surface area (TPSA) is 42.7 Å². The lowest BCUT2D eigenvalue weighted by molar-refractivity contribution is 0.580. The van der Waals surface area contributed by atoms with Crippen LogP contribution in [0.5, 0.6) is 0 Å². The van der Waals surface area contributed by atoms with E-state index < -0.39 is 0 Å². The third-order valence-corrected chi connectivity index (χ3v) is 2.39. The third-order valence-electron chi connectivity index (χ3n) is 1.80. The molecule has 4 nitrogen and oxygen atoms in total. The second kappa shape index (κ2) is 6.03. The van der Waals surface area contributed by atoms with E-state index in [1.807, 2.05) is 22.6 Å². The van der Waals surface area contributed by atoms with Gasteiger partial charge in [0.15, 0.2) is 0 Å². The lowest BCUT2D eigenvalue weighted by Crippen LogP contribution is -2.21. The normalized spacial score (nSPS) is 11.1. The molecular formula is C9H18N4S. The Morgan fingerprint density at radius 2 is 2.36 bits per heavy atom. The highest BCUT2D eigenvalue weighted by molar-refractivity contribution is 7.98. The number of thioether (sulfide) groups is 1. The molecule has 0 aromatic carbocycles. The predicted molar refractivity (Wildman–Crippen MR) is 60.4 cm³/mol. The quantitative estimate of drug-likeness (QED) is 0.771. The summed E-state index contributed by atoms with van der Waals surface area (Å²) in [6, 6.07) is 0.492. The van der Waals surface area contributed by atoms with Crippen molar-refractivity contribution in [3.05, 3.63) is 11.9 Å². The van der Waals surface area contributed by atoms with Crippen molar-refractivity contribution in [1.29, 1.82) is 0 Å². The Bertz CT molecular complexity index is 259. The number of hydrogen-bond donors (Lipinski definition) is 1. The van der Waals surface area contributed by atoms with Crippen LogP contribution in [-0.4, -0.2) is 33.0 Å². The fourth-order valence-corrected chi connectivity index (χ4v) is 1.39. The van der Waals surface area contributed by atoms with Crippen molar-refractivity contribution in [2.24, 2.45) is 0 Å². The minimum atomic E-state index is 0.492. The highest BCUT2D eigenvalue weighted by atomic mass is 32.2. The third kappa shape index (κ3) is 4.11. The van der Waals surface area contributed by atoms with Gasteiger partial charge in [-0.2, -0.15) is 11.8 Å². The van der Waals surface area contributed by atoms with Gasteiger partial charge in [0, 0.05) is 24.5 Å². The number of nitrogens with zero attached hydrogens (tertiary/aromatic N) is 3. The van der Waals surface area contributed by atoms with Gasteiger partial charge >= 0.3 is 0 Å². The molecule has 0 bridgehead atoms. The first-order valence-electron chi connectivity index (χ1n) is 4.83. The number of hydrogen-bond acceptors (Lipinski definition) is 4. The van der Waals surface area contributed by atoms with Crippen LogP contribution in [0.2, 0.25) is 0 Å². The molecule has 0 aliphatic carbocycles. The molecule has 1 aromatic heterocycles. The van der Waals surface area contributed by atoms with E-state index in [1.54, 1.807) is 0 Å². The number of aryl methyl sites for hydroxylation is 1. The molecule has 1 rings (SSSR count). The summed E-state index contributed by atoms with van der Waals surface area (Å²) < 4.78 is 1.90. The minimum absolute atomic E-state index is 0.492. The highest BCUT2D eigenvalue weighted by Crippen LogP contribution is 1.97. The first-order valence-corrected chi connectivity index (χ1v) is 6.23. The number of aromatic nitrogens is 3. The molecule has 1 N–H and O–H groups in total. The molecule has 5 heteroatoms. The van der Waals surface area contributed by atoms with Crippen molar-refractivity contribution in [3.63, 3.8) is 0 Å². The fourth-order valence-electron chi connectivity index (χ4n) is 1.02. The lowest BCUT2D eigenvalue weighted by atomic mass is 10.3. The molecule has 1 heterocycles. The highest BCUT2D eigenvalue weighted by Gasteiger charge is 2.00. The Hall–Kier alpha value is -0.550. The molecule has 80 valence electrons. The van der Waals surface area contributed by atoms with Crippen molar-refractivity contribution < 1.29 is 0 Å². The van der Waals surface area contributed by atoms with E-state index in [0.717, 1.165) is 24.5 Å². The van der Waals surface area contributed by atoms with Crippen LogP contribution in [0.4, 0.5) is 0 Å². The average Bonchev–Trinajstić information content (AvgIpc) is 2.59. The molecule has 0 fully saturated rings. The monoisotopic (exact) mass is 214 g/mol. The molecule has 0 saturated carbocycles. The van der Waals surface area contributed by atoms with Crippen LogP contribution in [0.25, 0.3) is 0 Å². The summed E-state index contributed by atoms with van der Waals surface area (Å²) in [4.78, 5) is 0. The van der Waals surface area contributed by atoms with Gasteiger partial charge in [0.1, 0.15) is 0 Å². The van der Waals surface area contributed by atoms with E-state index in [4.69, 9.17) is 0 Å². The van der Waals surface area contributed by atoms with Gasteiger partial charge in [-0.1, -0.05) is 19.1 Å². The summed E-state index contributed by atoms with van der Waals surface area (Å²) in [6.45, 7) is 5.99. The van der Waals surface area contributed by atoms with Crippen molar-refractivity contribution >= 4 is 11.8 Å². The SMILES string of the molecule is CSCCn1cc(CNC(C)C)nn1. The Morgan fingerprint density at radius 3 is 3.00 bits per heavy atom. The van der Waals surface area contributed by atoms with E-state index >= 15 is 0 Å². The number of nitrogens with one attached hydrogen (secondary N) is 1. The maximum Gasteiger partial charge on any atom is 0.0964 e. The molecule has 0 radical (unpaired) electrons. The van der Waals surface area contributed by atoms with E-state index in [-0.39, 0.29) is 0 Å². The van der Waals surface area contributed by atoms with Crippen LogP contribution in [0, 0.1) is 0 Å². The number of rotatable bonds is 6. The van der Waals surface area contributed by atoms with Gasteiger partial charge in [-0.05, 0) is 6.26 Å². The summed E-state index contributed by atoms with van der Waals surface area (Å²) in [6.07, 6.45) is 4.10. The predicted octanol–water partition coefficient (Wildman–Crippen LogP) is 1.14. The first kappa shape index (κ1) is 11.5. The molecular weight excluding hydrogens is 196 g/mol. The Morgan fingerprint density at radius 1 is 1.57 bits per heavy atom. The lowest BCUT2D eigenvalue weighted by Gasteiger charge is -2.04. The van der Waals surface area contributed by atoms with Gasteiger partial charge < -0.3 is 5.32 Å². The standard InChI is InChI=1S/C9H18N4S/c1-8(2)10-6-9-7-13(12-11-9)4-5-14-3/h7-8,10H,4-6H2,1-3H3. The fraction of sp³-hybridized carbons (Fsp3) is 0.778. The van der Waals surface area contributed by atoms with Crippen LogP contribution >= 0.6 is 11.8 Å². The van der Waals surface area contributed by atoms with E-state index in [0.29, 0.717) is 6.04 Å². The summed E-state index contributed by atoms with van der Waals surface area (Å²) in [5.41, 5.74) is 1.01. The second-order valence-corrected chi connectivity index (χ2v) is 4.49. The molecule has 0 unspecified atom stereocenters. The molecule has 14 heavy (non-hydrogen) atoms. The Labute approximate surface area is 89.5 Å². The molecule has 0 spiro atoms. The second-order valence-electron chi connectivity index (χ2n) is 3.50. The summed E-state index contributed by atoms with van der Waals surface area (Å²) in [7, 11) is 0. The van der Waals surface area contributed by atoms with Crippen molar-refractivity contribution in [3.8, 4) is 0 Å². The molecule has 0 aliphatic rings. The minimum Gasteiger partial charge on any atom is -0.309 e. The Balaban J connectivity index is 2.35. The van der Waals surface area contributed by atoms with Gasteiger partial charge in [0.2, 0.25) is 0 Å².